The Morgan fingerprint density at radius 3 is 2.82 bits per heavy atom. The molecule has 5 heteroatoms. The first-order chi connectivity index (χ1) is 10.6. The summed E-state index contributed by atoms with van der Waals surface area (Å²) < 4.78 is 11.5. The van der Waals surface area contributed by atoms with Gasteiger partial charge in [0.25, 0.3) is 5.91 Å². The molecule has 2 heterocycles. The zero-order chi connectivity index (χ0) is 15.5. The highest BCUT2D eigenvalue weighted by atomic mass is 16.5. The van der Waals surface area contributed by atoms with Crippen LogP contribution in [0, 0.1) is 12.8 Å². The fourth-order valence-electron chi connectivity index (χ4n) is 3.13. The number of nitrogens with zero attached hydrogens (tertiary/aromatic N) is 2. The van der Waals surface area contributed by atoms with Crippen LogP contribution < -0.4 is 4.74 Å². The monoisotopic (exact) mass is 304 g/mol. The quantitative estimate of drug-likeness (QED) is 0.840. The molecule has 1 aromatic carbocycles. The topological polar surface area (TPSA) is 42.0 Å². The van der Waals surface area contributed by atoms with Gasteiger partial charge in [-0.25, -0.2) is 0 Å². The fraction of sp³-hybridized carbons (Fsp3) is 0.588. The Hall–Kier alpha value is -1.59. The minimum Gasteiger partial charge on any atom is -0.484 e. The van der Waals surface area contributed by atoms with Gasteiger partial charge < -0.3 is 19.3 Å². The number of benzene rings is 1. The highest BCUT2D eigenvalue weighted by Crippen LogP contribution is 2.23. The van der Waals surface area contributed by atoms with Crippen molar-refractivity contribution >= 4 is 5.91 Å². The van der Waals surface area contributed by atoms with Crippen LogP contribution in [0.15, 0.2) is 24.3 Å². The van der Waals surface area contributed by atoms with E-state index < -0.39 is 0 Å². The van der Waals surface area contributed by atoms with Crippen LogP contribution in [0.25, 0.3) is 0 Å². The Morgan fingerprint density at radius 2 is 2.05 bits per heavy atom. The molecule has 0 saturated carbocycles. The molecule has 2 fully saturated rings. The largest absolute Gasteiger partial charge is 0.484 e. The number of carbonyl (C=O) groups is 1. The molecule has 22 heavy (non-hydrogen) atoms. The summed E-state index contributed by atoms with van der Waals surface area (Å²) in [6.07, 6.45) is 0.174. The summed E-state index contributed by atoms with van der Waals surface area (Å²) in [6.45, 7) is 6.29. The van der Waals surface area contributed by atoms with Gasteiger partial charge in [-0.2, -0.15) is 0 Å². The molecule has 5 nitrogen and oxygen atoms in total. The van der Waals surface area contributed by atoms with Gasteiger partial charge in [-0.3, -0.25) is 4.79 Å². The van der Waals surface area contributed by atoms with Crippen molar-refractivity contribution in [2.75, 3.05) is 46.4 Å². The zero-order valence-corrected chi connectivity index (χ0v) is 13.3. The van der Waals surface area contributed by atoms with Crippen LogP contribution in [0.1, 0.15) is 5.56 Å². The molecule has 0 radical (unpaired) electrons. The van der Waals surface area contributed by atoms with Gasteiger partial charge in [-0.05, 0) is 26.1 Å². The van der Waals surface area contributed by atoms with Crippen molar-refractivity contribution in [3.63, 3.8) is 0 Å². The standard InChI is InChI=1S/C17H24N2O3/c1-13-3-5-15(6-4-13)22-12-17(20)19-10-14-9-18(2)7-8-21-16(14)11-19/h3-6,14,16H,7-12H2,1-2H3/t14-,16+/m1/s1. The van der Waals surface area contributed by atoms with Crippen molar-refractivity contribution < 1.29 is 14.3 Å². The highest BCUT2D eigenvalue weighted by molar-refractivity contribution is 5.78. The van der Waals surface area contributed by atoms with Crippen LogP contribution in [0.2, 0.25) is 0 Å². The summed E-state index contributed by atoms with van der Waals surface area (Å²) >= 11 is 0. The van der Waals surface area contributed by atoms with E-state index in [1.54, 1.807) is 0 Å². The molecular formula is C17H24N2O3. The Kier molecular flexibility index (Phi) is 4.64. The lowest BCUT2D eigenvalue weighted by atomic mass is 10.1. The Morgan fingerprint density at radius 1 is 1.27 bits per heavy atom. The van der Waals surface area contributed by atoms with Crippen molar-refractivity contribution in [2.45, 2.75) is 13.0 Å². The molecule has 0 aliphatic carbocycles. The zero-order valence-electron chi connectivity index (χ0n) is 13.3. The first-order valence-electron chi connectivity index (χ1n) is 7.89. The van der Waals surface area contributed by atoms with Gasteiger partial charge in [0.2, 0.25) is 0 Å². The van der Waals surface area contributed by atoms with Crippen LogP contribution in [-0.4, -0.2) is 68.3 Å². The third-order valence-corrected chi connectivity index (χ3v) is 4.47. The molecule has 0 aromatic heterocycles. The Bertz CT molecular complexity index is 517. The molecule has 2 saturated heterocycles. The van der Waals surface area contributed by atoms with Crippen LogP contribution in [0.3, 0.4) is 0 Å². The smallest absolute Gasteiger partial charge is 0.260 e. The van der Waals surface area contributed by atoms with E-state index in [0.29, 0.717) is 12.5 Å². The first-order valence-corrected chi connectivity index (χ1v) is 7.89. The van der Waals surface area contributed by atoms with Gasteiger partial charge in [0.05, 0.1) is 12.7 Å². The van der Waals surface area contributed by atoms with Crippen molar-refractivity contribution in [1.29, 1.82) is 0 Å². The molecule has 0 spiro atoms. The van der Waals surface area contributed by atoms with E-state index in [-0.39, 0.29) is 18.6 Å². The number of likely N-dealkylation sites (N-methyl/N-ethyl adjacent to an activating group) is 1. The maximum atomic E-state index is 12.3. The maximum Gasteiger partial charge on any atom is 0.260 e. The normalized spacial score (nSPS) is 25.6. The molecule has 2 atom stereocenters. The SMILES string of the molecule is Cc1ccc(OCC(=O)N2C[C@H]3CN(C)CCO[C@H]3C2)cc1. The third-order valence-electron chi connectivity index (χ3n) is 4.47. The van der Waals surface area contributed by atoms with E-state index in [2.05, 4.69) is 11.9 Å². The summed E-state index contributed by atoms with van der Waals surface area (Å²) in [5.41, 5.74) is 1.18. The molecule has 2 aliphatic rings. The summed E-state index contributed by atoms with van der Waals surface area (Å²) in [6, 6.07) is 7.76. The van der Waals surface area contributed by atoms with E-state index in [1.165, 1.54) is 5.56 Å². The van der Waals surface area contributed by atoms with Gasteiger partial charge in [0.1, 0.15) is 5.75 Å². The van der Waals surface area contributed by atoms with Gasteiger partial charge in [0.15, 0.2) is 6.61 Å². The lowest BCUT2D eigenvalue weighted by Crippen LogP contribution is -2.35. The van der Waals surface area contributed by atoms with Gasteiger partial charge in [-0.15, -0.1) is 0 Å². The minimum absolute atomic E-state index is 0.0416. The summed E-state index contributed by atoms with van der Waals surface area (Å²) in [5, 5.41) is 0. The highest BCUT2D eigenvalue weighted by Gasteiger charge is 2.37. The molecule has 3 rings (SSSR count). The van der Waals surface area contributed by atoms with Crippen molar-refractivity contribution in [1.82, 2.24) is 9.80 Å². The maximum absolute atomic E-state index is 12.3. The third kappa shape index (κ3) is 3.59. The molecule has 0 N–H and O–H groups in total. The van der Waals surface area contributed by atoms with E-state index in [1.807, 2.05) is 36.1 Å². The predicted molar refractivity (Wildman–Crippen MR) is 84.0 cm³/mol. The van der Waals surface area contributed by atoms with Crippen LogP contribution in [0.5, 0.6) is 5.75 Å². The van der Waals surface area contributed by atoms with Crippen LogP contribution in [0.4, 0.5) is 0 Å². The first kappa shape index (κ1) is 15.3. The predicted octanol–water partition coefficient (Wildman–Crippen LogP) is 1.16. The molecule has 2 aliphatic heterocycles. The van der Waals surface area contributed by atoms with E-state index in [9.17, 15) is 4.79 Å². The van der Waals surface area contributed by atoms with Crippen molar-refractivity contribution in [3.05, 3.63) is 29.8 Å². The number of hydrogen-bond acceptors (Lipinski definition) is 4. The second-order valence-electron chi connectivity index (χ2n) is 6.33. The molecule has 1 amide bonds. The molecule has 0 bridgehead atoms. The summed E-state index contributed by atoms with van der Waals surface area (Å²) in [5.74, 6) is 1.19. The number of likely N-dealkylation sites (tertiary alicyclic amines) is 1. The minimum atomic E-state index is 0.0416. The van der Waals surface area contributed by atoms with Crippen LogP contribution in [-0.2, 0) is 9.53 Å². The van der Waals surface area contributed by atoms with E-state index >= 15 is 0 Å². The lowest BCUT2D eigenvalue weighted by molar-refractivity contribution is -0.132. The number of hydrogen-bond donors (Lipinski definition) is 0. The second-order valence-corrected chi connectivity index (χ2v) is 6.33. The fourth-order valence-corrected chi connectivity index (χ4v) is 3.13. The van der Waals surface area contributed by atoms with E-state index in [0.717, 1.165) is 32.0 Å². The number of aryl methyl sites for hydroxylation is 1. The number of ether oxygens (including phenoxy) is 2. The number of carbonyl (C=O) groups excluding carboxylic acids is 1. The number of rotatable bonds is 3. The average molecular weight is 304 g/mol. The van der Waals surface area contributed by atoms with Crippen molar-refractivity contribution in [3.8, 4) is 5.75 Å². The van der Waals surface area contributed by atoms with Gasteiger partial charge in [0, 0.05) is 32.1 Å². The summed E-state index contributed by atoms with van der Waals surface area (Å²) in [4.78, 5) is 16.5. The molecule has 1 aromatic rings. The molecule has 0 unspecified atom stereocenters. The van der Waals surface area contributed by atoms with Crippen molar-refractivity contribution in [2.24, 2.45) is 5.92 Å². The lowest BCUT2D eigenvalue weighted by Gasteiger charge is -2.19. The van der Waals surface area contributed by atoms with Crippen LogP contribution >= 0.6 is 0 Å². The van der Waals surface area contributed by atoms with Gasteiger partial charge >= 0.3 is 0 Å². The number of fused-ring (bicyclic) bond motifs is 1. The molecular weight excluding hydrogens is 280 g/mol. The average Bonchev–Trinajstić information content (AvgIpc) is 2.81. The van der Waals surface area contributed by atoms with Gasteiger partial charge in [-0.1, -0.05) is 17.7 Å². The Balaban J connectivity index is 1.52. The number of amides is 1. The summed E-state index contributed by atoms with van der Waals surface area (Å²) in [7, 11) is 2.11. The molecule has 120 valence electrons. The van der Waals surface area contributed by atoms with E-state index in [4.69, 9.17) is 9.47 Å². The Labute approximate surface area is 131 Å². The second kappa shape index (κ2) is 6.67.